The van der Waals surface area contributed by atoms with Crippen molar-refractivity contribution in [1.82, 2.24) is 9.47 Å². The van der Waals surface area contributed by atoms with Gasteiger partial charge < -0.3 is 4.57 Å². The highest BCUT2D eigenvalue weighted by molar-refractivity contribution is 5.60. The van der Waals surface area contributed by atoms with E-state index in [2.05, 4.69) is 29.4 Å². The fourth-order valence-electron chi connectivity index (χ4n) is 3.33. The lowest BCUT2D eigenvalue weighted by atomic mass is 10.0. The predicted octanol–water partition coefficient (Wildman–Crippen LogP) is 3.36. The van der Waals surface area contributed by atoms with Crippen LogP contribution in [0.4, 0.5) is 0 Å². The first-order valence-electron chi connectivity index (χ1n) is 8.17. The predicted molar refractivity (Wildman–Crippen MR) is 87.9 cm³/mol. The third-order valence-corrected chi connectivity index (χ3v) is 4.31. The molecule has 0 aliphatic carbocycles. The molecule has 1 atom stereocenters. The van der Waals surface area contributed by atoms with E-state index in [1.165, 1.54) is 31.6 Å². The fraction of sp³-hybridized carbons (Fsp3) is 0.556. The maximum Gasteiger partial charge on any atom is 0.131 e. The molecule has 0 aromatic carbocycles. The van der Waals surface area contributed by atoms with Gasteiger partial charge in [0.05, 0.1) is 0 Å². The Morgan fingerprint density at radius 1 is 1.27 bits per heavy atom. The molecule has 2 heterocycles. The average molecular weight is 296 g/mol. The normalized spacial score (nSPS) is 16.7. The van der Waals surface area contributed by atoms with E-state index in [0.29, 0.717) is 6.04 Å². The summed E-state index contributed by atoms with van der Waals surface area (Å²) in [6.45, 7) is 7.77. The van der Waals surface area contributed by atoms with Gasteiger partial charge in [0.15, 0.2) is 0 Å². The zero-order valence-corrected chi connectivity index (χ0v) is 13.5. The molecule has 0 spiro atoms. The molecule has 1 aromatic heterocycles. The van der Waals surface area contributed by atoms with Crippen LogP contribution in [0.1, 0.15) is 44.5 Å². The Morgan fingerprint density at radius 3 is 2.55 bits per heavy atom. The molecule has 0 fully saturated rings. The lowest BCUT2D eigenvalue weighted by Crippen LogP contribution is -2.41. The van der Waals surface area contributed by atoms with Gasteiger partial charge in [-0.25, -0.2) is 0 Å². The first kappa shape index (κ1) is 16.3. The Kier molecular flexibility index (Phi) is 5.81. The summed E-state index contributed by atoms with van der Waals surface area (Å²) in [4.78, 5) is 2.61. The summed E-state index contributed by atoms with van der Waals surface area (Å²) < 4.78 is 2.25. The minimum atomic E-state index is 0.168. The van der Waals surface area contributed by atoms with Gasteiger partial charge in [-0.05, 0) is 50.6 Å². The molecule has 0 unspecified atom stereocenters. The van der Waals surface area contributed by atoms with Crippen molar-refractivity contribution in [2.75, 3.05) is 13.1 Å². The van der Waals surface area contributed by atoms with Crippen molar-refractivity contribution in [3.63, 3.8) is 0 Å². The fourth-order valence-corrected chi connectivity index (χ4v) is 3.33. The van der Waals surface area contributed by atoms with E-state index in [-0.39, 0.29) is 5.57 Å². The summed E-state index contributed by atoms with van der Waals surface area (Å²) >= 11 is 0. The standard InChI is InChI=1S/C18H24N4/c1-3-8-21(9-4-2)16-7-10-22-17(5-6-18(22)12-16)11-15(13-19)14-20/h5-6,11,16H,3-4,7-10,12H2,1-2H3/t16-/m0/s1. The third-order valence-electron chi connectivity index (χ3n) is 4.31. The Hall–Kier alpha value is -2.04. The Morgan fingerprint density at radius 2 is 1.95 bits per heavy atom. The van der Waals surface area contributed by atoms with Crippen LogP contribution in [0.3, 0.4) is 0 Å². The number of hydrogen-bond donors (Lipinski definition) is 0. The molecule has 0 radical (unpaired) electrons. The van der Waals surface area contributed by atoms with E-state index in [1.54, 1.807) is 6.08 Å². The van der Waals surface area contributed by atoms with Crippen LogP contribution in [0.2, 0.25) is 0 Å². The number of fused-ring (bicyclic) bond motifs is 1. The highest BCUT2D eigenvalue weighted by atomic mass is 15.2. The second-order valence-electron chi connectivity index (χ2n) is 5.87. The molecule has 0 N–H and O–H groups in total. The molecular formula is C18H24N4. The second-order valence-corrected chi connectivity index (χ2v) is 5.87. The summed E-state index contributed by atoms with van der Waals surface area (Å²) in [5, 5.41) is 17.8. The SMILES string of the molecule is CCCN(CCC)[C@H]1CCn2c(C=C(C#N)C#N)ccc2C1. The molecule has 22 heavy (non-hydrogen) atoms. The van der Waals surface area contributed by atoms with Crippen molar-refractivity contribution in [1.29, 1.82) is 10.5 Å². The van der Waals surface area contributed by atoms with Crippen molar-refractivity contribution in [2.24, 2.45) is 0 Å². The zero-order valence-electron chi connectivity index (χ0n) is 13.5. The van der Waals surface area contributed by atoms with Gasteiger partial charge in [0.1, 0.15) is 17.7 Å². The summed E-state index contributed by atoms with van der Waals surface area (Å²) in [5.74, 6) is 0. The Balaban J connectivity index is 2.16. The van der Waals surface area contributed by atoms with Crippen LogP contribution in [-0.2, 0) is 13.0 Å². The maximum absolute atomic E-state index is 8.91. The molecule has 0 saturated heterocycles. The van der Waals surface area contributed by atoms with Crippen LogP contribution in [0.25, 0.3) is 6.08 Å². The van der Waals surface area contributed by atoms with Gasteiger partial charge in [-0.1, -0.05) is 13.8 Å². The lowest BCUT2D eigenvalue weighted by Gasteiger charge is -2.35. The van der Waals surface area contributed by atoms with Crippen LogP contribution < -0.4 is 0 Å². The van der Waals surface area contributed by atoms with E-state index in [1.807, 2.05) is 18.2 Å². The number of aromatic nitrogens is 1. The largest absolute Gasteiger partial charge is 0.345 e. The van der Waals surface area contributed by atoms with Crippen LogP contribution in [-0.4, -0.2) is 28.6 Å². The van der Waals surface area contributed by atoms with Gasteiger partial charge in [0.25, 0.3) is 0 Å². The molecule has 0 saturated carbocycles. The molecule has 1 aliphatic rings. The van der Waals surface area contributed by atoms with E-state index in [0.717, 1.165) is 25.1 Å². The number of nitrogens with zero attached hydrogens (tertiary/aromatic N) is 4. The smallest absolute Gasteiger partial charge is 0.131 e. The molecule has 2 rings (SSSR count). The van der Waals surface area contributed by atoms with E-state index < -0.39 is 0 Å². The summed E-state index contributed by atoms with van der Waals surface area (Å²) in [5.41, 5.74) is 2.46. The molecule has 116 valence electrons. The van der Waals surface area contributed by atoms with Gasteiger partial charge in [0.2, 0.25) is 0 Å². The molecule has 1 aliphatic heterocycles. The number of nitriles is 2. The van der Waals surface area contributed by atoms with Gasteiger partial charge >= 0.3 is 0 Å². The van der Waals surface area contributed by atoms with Crippen LogP contribution >= 0.6 is 0 Å². The maximum atomic E-state index is 8.91. The topological polar surface area (TPSA) is 55.8 Å². The van der Waals surface area contributed by atoms with Crippen molar-refractivity contribution in [3.8, 4) is 12.1 Å². The molecule has 4 heteroatoms. The van der Waals surface area contributed by atoms with E-state index in [4.69, 9.17) is 10.5 Å². The molecule has 0 amide bonds. The Labute approximate surface area is 133 Å². The number of allylic oxidation sites excluding steroid dienone is 1. The van der Waals surface area contributed by atoms with Gasteiger partial charge in [-0.3, -0.25) is 4.90 Å². The first-order valence-corrected chi connectivity index (χ1v) is 8.17. The average Bonchev–Trinajstić information content (AvgIpc) is 2.94. The molecule has 1 aromatic rings. The minimum Gasteiger partial charge on any atom is -0.345 e. The number of hydrogen-bond acceptors (Lipinski definition) is 3. The van der Waals surface area contributed by atoms with Crippen LogP contribution in [0, 0.1) is 22.7 Å². The monoisotopic (exact) mass is 296 g/mol. The number of rotatable bonds is 6. The summed E-state index contributed by atoms with van der Waals surface area (Å²) in [6.07, 6.45) is 6.28. The molecule has 4 nitrogen and oxygen atoms in total. The van der Waals surface area contributed by atoms with Crippen molar-refractivity contribution >= 4 is 6.08 Å². The minimum absolute atomic E-state index is 0.168. The first-order chi connectivity index (χ1) is 10.7. The molecule has 0 bridgehead atoms. The highest BCUT2D eigenvalue weighted by Gasteiger charge is 2.24. The Bertz CT molecular complexity index is 590. The highest BCUT2D eigenvalue weighted by Crippen LogP contribution is 2.24. The molecular weight excluding hydrogens is 272 g/mol. The lowest BCUT2D eigenvalue weighted by molar-refractivity contribution is 0.167. The van der Waals surface area contributed by atoms with Crippen LogP contribution in [0.15, 0.2) is 17.7 Å². The summed E-state index contributed by atoms with van der Waals surface area (Å²) in [7, 11) is 0. The third kappa shape index (κ3) is 3.59. The second kappa shape index (κ2) is 7.82. The summed E-state index contributed by atoms with van der Waals surface area (Å²) in [6, 6.07) is 8.65. The van der Waals surface area contributed by atoms with Crippen molar-refractivity contribution in [3.05, 3.63) is 29.1 Å². The zero-order chi connectivity index (χ0) is 15.9. The van der Waals surface area contributed by atoms with Gasteiger partial charge in [-0.15, -0.1) is 0 Å². The van der Waals surface area contributed by atoms with Crippen molar-refractivity contribution in [2.45, 2.75) is 52.1 Å². The quantitative estimate of drug-likeness (QED) is 0.756. The van der Waals surface area contributed by atoms with Crippen molar-refractivity contribution < 1.29 is 0 Å². The van der Waals surface area contributed by atoms with Gasteiger partial charge in [0, 0.05) is 30.4 Å². The van der Waals surface area contributed by atoms with E-state index in [9.17, 15) is 0 Å². The van der Waals surface area contributed by atoms with E-state index >= 15 is 0 Å². The van der Waals surface area contributed by atoms with Gasteiger partial charge in [-0.2, -0.15) is 10.5 Å². The van der Waals surface area contributed by atoms with Crippen LogP contribution in [0.5, 0.6) is 0 Å².